The molecule has 0 heterocycles. The summed E-state index contributed by atoms with van der Waals surface area (Å²) in [5, 5.41) is 2.92. The summed E-state index contributed by atoms with van der Waals surface area (Å²) >= 11 is 1.88. The standard InChI is InChI=1S/C14H22N2O2S/c1-3-19-8-7-11(2)16-14(17)10-18-13-6-4-5-12(15)9-13/h4-6,9,11H,3,7-8,10,15H2,1-2H3,(H,16,17). The van der Waals surface area contributed by atoms with Crippen LogP contribution < -0.4 is 15.8 Å². The van der Waals surface area contributed by atoms with E-state index in [9.17, 15) is 4.79 Å². The summed E-state index contributed by atoms with van der Waals surface area (Å²) in [5.41, 5.74) is 6.26. The topological polar surface area (TPSA) is 64.3 Å². The molecule has 0 saturated carbocycles. The molecule has 3 N–H and O–H groups in total. The number of ether oxygens (including phenoxy) is 1. The number of hydrogen-bond acceptors (Lipinski definition) is 4. The number of nitrogens with two attached hydrogens (primary N) is 1. The Morgan fingerprint density at radius 2 is 2.32 bits per heavy atom. The average molecular weight is 282 g/mol. The van der Waals surface area contributed by atoms with Crippen LogP contribution in [0.2, 0.25) is 0 Å². The lowest BCUT2D eigenvalue weighted by Crippen LogP contribution is -2.36. The van der Waals surface area contributed by atoms with Crippen molar-refractivity contribution in [2.24, 2.45) is 0 Å². The lowest BCUT2D eigenvalue weighted by Gasteiger charge is -2.14. The van der Waals surface area contributed by atoms with Gasteiger partial charge in [0, 0.05) is 17.8 Å². The molecule has 0 spiro atoms. The molecule has 1 atom stereocenters. The molecule has 0 aromatic heterocycles. The van der Waals surface area contributed by atoms with Gasteiger partial charge in [-0.1, -0.05) is 13.0 Å². The highest BCUT2D eigenvalue weighted by Gasteiger charge is 2.07. The lowest BCUT2D eigenvalue weighted by molar-refractivity contribution is -0.123. The zero-order valence-corrected chi connectivity index (χ0v) is 12.3. The van der Waals surface area contributed by atoms with Crippen LogP contribution in [-0.4, -0.2) is 30.1 Å². The first-order chi connectivity index (χ1) is 9.11. The molecule has 1 aromatic carbocycles. The summed E-state index contributed by atoms with van der Waals surface area (Å²) in [6.45, 7) is 4.16. The highest BCUT2D eigenvalue weighted by Crippen LogP contribution is 2.14. The molecule has 0 aliphatic rings. The number of nitrogen functional groups attached to an aromatic ring is 1. The van der Waals surface area contributed by atoms with Gasteiger partial charge in [-0.05, 0) is 37.0 Å². The maximum absolute atomic E-state index is 11.7. The number of nitrogens with one attached hydrogen (secondary N) is 1. The summed E-state index contributed by atoms with van der Waals surface area (Å²) in [4.78, 5) is 11.7. The van der Waals surface area contributed by atoms with E-state index in [1.54, 1.807) is 24.3 Å². The maximum Gasteiger partial charge on any atom is 0.258 e. The molecule has 0 aliphatic heterocycles. The molecule has 1 unspecified atom stereocenters. The molecule has 0 radical (unpaired) electrons. The number of carbonyl (C=O) groups is 1. The van der Waals surface area contributed by atoms with E-state index in [1.807, 2.05) is 18.7 Å². The van der Waals surface area contributed by atoms with Crippen LogP contribution in [-0.2, 0) is 4.79 Å². The highest BCUT2D eigenvalue weighted by molar-refractivity contribution is 7.99. The van der Waals surface area contributed by atoms with Gasteiger partial charge in [-0.3, -0.25) is 4.79 Å². The summed E-state index contributed by atoms with van der Waals surface area (Å²) < 4.78 is 5.38. The number of anilines is 1. The quantitative estimate of drug-likeness (QED) is 0.567. The van der Waals surface area contributed by atoms with Crippen molar-refractivity contribution in [3.05, 3.63) is 24.3 Å². The Bertz CT molecular complexity index is 399. The molecule has 0 fully saturated rings. The minimum atomic E-state index is -0.101. The SMILES string of the molecule is CCSCCC(C)NC(=O)COc1cccc(N)c1. The molecule has 1 amide bonds. The molecule has 106 valence electrons. The van der Waals surface area contributed by atoms with E-state index in [-0.39, 0.29) is 18.6 Å². The third-order valence-corrected chi connectivity index (χ3v) is 3.47. The minimum absolute atomic E-state index is 0.0225. The first-order valence-electron chi connectivity index (χ1n) is 6.47. The Balaban J connectivity index is 2.24. The number of rotatable bonds is 8. The van der Waals surface area contributed by atoms with Crippen molar-refractivity contribution in [2.45, 2.75) is 26.3 Å². The van der Waals surface area contributed by atoms with E-state index in [2.05, 4.69) is 12.2 Å². The number of carbonyl (C=O) groups excluding carboxylic acids is 1. The Labute approximate surface area is 119 Å². The van der Waals surface area contributed by atoms with Crippen LogP contribution in [0.4, 0.5) is 5.69 Å². The molecule has 0 bridgehead atoms. The van der Waals surface area contributed by atoms with Crippen LogP contribution in [0.25, 0.3) is 0 Å². The number of thioether (sulfide) groups is 1. The third-order valence-electron chi connectivity index (χ3n) is 2.53. The second kappa shape index (κ2) is 8.69. The largest absolute Gasteiger partial charge is 0.484 e. The van der Waals surface area contributed by atoms with Gasteiger partial charge in [-0.15, -0.1) is 0 Å². The zero-order valence-electron chi connectivity index (χ0n) is 11.5. The molecular formula is C14H22N2O2S. The van der Waals surface area contributed by atoms with Crippen molar-refractivity contribution in [1.82, 2.24) is 5.32 Å². The van der Waals surface area contributed by atoms with Crippen LogP contribution >= 0.6 is 11.8 Å². The second-order valence-corrected chi connectivity index (χ2v) is 5.71. The van der Waals surface area contributed by atoms with Crippen LogP contribution in [0.5, 0.6) is 5.75 Å². The molecule has 19 heavy (non-hydrogen) atoms. The van der Waals surface area contributed by atoms with Crippen LogP contribution in [0.1, 0.15) is 20.3 Å². The zero-order chi connectivity index (χ0) is 14.1. The van der Waals surface area contributed by atoms with E-state index in [4.69, 9.17) is 10.5 Å². The predicted molar refractivity (Wildman–Crippen MR) is 81.6 cm³/mol. The Hall–Kier alpha value is -1.36. The van der Waals surface area contributed by atoms with Crippen molar-refractivity contribution in [3.63, 3.8) is 0 Å². The monoisotopic (exact) mass is 282 g/mol. The highest BCUT2D eigenvalue weighted by atomic mass is 32.2. The van der Waals surface area contributed by atoms with Gasteiger partial charge in [-0.25, -0.2) is 0 Å². The number of amides is 1. The molecule has 1 rings (SSSR count). The normalized spacial score (nSPS) is 11.9. The molecule has 0 saturated heterocycles. The van der Waals surface area contributed by atoms with Crippen molar-refractivity contribution in [3.8, 4) is 5.75 Å². The molecular weight excluding hydrogens is 260 g/mol. The smallest absolute Gasteiger partial charge is 0.258 e. The van der Waals surface area contributed by atoms with Gasteiger partial charge in [0.25, 0.3) is 5.91 Å². The average Bonchev–Trinajstić information content (AvgIpc) is 2.37. The van der Waals surface area contributed by atoms with Gasteiger partial charge in [0.15, 0.2) is 6.61 Å². The van der Waals surface area contributed by atoms with Crippen LogP contribution in [0.15, 0.2) is 24.3 Å². The van der Waals surface area contributed by atoms with Gasteiger partial charge < -0.3 is 15.8 Å². The lowest BCUT2D eigenvalue weighted by atomic mass is 10.2. The minimum Gasteiger partial charge on any atom is -0.484 e. The van der Waals surface area contributed by atoms with Crippen LogP contribution in [0.3, 0.4) is 0 Å². The Morgan fingerprint density at radius 3 is 3.00 bits per heavy atom. The number of hydrogen-bond donors (Lipinski definition) is 2. The van der Waals surface area contributed by atoms with Gasteiger partial charge in [0.1, 0.15) is 5.75 Å². The molecule has 5 heteroatoms. The first kappa shape index (κ1) is 15.7. The summed E-state index contributed by atoms with van der Waals surface area (Å²) in [6.07, 6.45) is 0.975. The molecule has 0 aliphatic carbocycles. The van der Waals surface area contributed by atoms with Gasteiger partial charge in [-0.2, -0.15) is 11.8 Å². The Morgan fingerprint density at radius 1 is 1.53 bits per heavy atom. The van der Waals surface area contributed by atoms with Crippen molar-refractivity contribution < 1.29 is 9.53 Å². The van der Waals surface area contributed by atoms with Crippen molar-refractivity contribution >= 4 is 23.4 Å². The predicted octanol–water partition coefficient (Wildman–Crippen LogP) is 2.30. The van der Waals surface area contributed by atoms with E-state index in [0.29, 0.717) is 11.4 Å². The van der Waals surface area contributed by atoms with Crippen LogP contribution in [0, 0.1) is 0 Å². The van der Waals surface area contributed by atoms with Crippen molar-refractivity contribution in [1.29, 1.82) is 0 Å². The fraction of sp³-hybridized carbons (Fsp3) is 0.500. The van der Waals surface area contributed by atoms with Gasteiger partial charge in [0.2, 0.25) is 0 Å². The van der Waals surface area contributed by atoms with Gasteiger partial charge >= 0.3 is 0 Å². The van der Waals surface area contributed by atoms with E-state index in [1.165, 1.54) is 0 Å². The third kappa shape index (κ3) is 6.96. The summed E-state index contributed by atoms with van der Waals surface area (Å²) in [5.74, 6) is 2.69. The van der Waals surface area contributed by atoms with E-state index >= 15 is 0 Å². The summed E-state index contributed by atoms with van der Waals surface area (Å²) in [6, 6.07) is 7.24. The van der Waals surface area contributed by atoms with Crippen molar-refractivity contribution in [2.75, 3.05) is 23.8 Å². The first-order valence-corrected chi connectivity index (χ1v) is 7.62. The maximum atomic E-state index is 11.7. The molecule has 4 nitrogen and oxygen atoms in total. The number of benzene rings is 1. The molecule has 1 aromatic rings. The fourth-order valence-corrected chi connectivity index (χ4v) is 2.36. The Kier molecular flexibility index (Phi) is 7.18. The van der Waals surface area contributed by atoms with Gasteiger partial charge in [0.05, 0.1) is 0 Å². The second-order valence-electron chi connectivity index (χ2n) is 4.32. The summed E-state index contributed by atoms with van der Waals surface area (Å²) in [7, 11) is 0. The van der Waals surface area contributed by atoms with E-state index < -0.39 is 0 Å². The fourth-order valence-electron chi connectivity index (χ4n) is 1.55. The van der Waals surface area contributed by atoms with E-state index in [0.717, 1.165) is 17.9 Å².